The van der Waals surface area contributed by atoms with Gasteiger partial charge in [0.15, 0.2) is 16.9 Å². The van der Waals surface area contributed by atoms with Crippen LogP contribution in [0.15, 0.2) is 27.5 Å². The van der Waals surface area contributed by atoms with Gasteiger partial charge in [0, 0.05) is 8.75 Å². The number of nitrogens with two attached hydrogens (primary N) is 1. The number of phenols is 1. The number of nitrogens with zero attached hydrogens (tertiary/aromatic N) is 2. The zero-order valence-electron chi connectivity index (χ0n) is 17.8. The topological polar surface area (TPSA) is 166 Å². The molecule has 1 unspecified atom stereocenters. The van der Waals surface area contributed by atoms with Crippen molar-refractivity contribution in [1.29, 1.82) is 0 Å². The van der Waals surface area contributed by atoms with E-state index in [-0.39, 0.29) is 28.4 Å². The molecule has 32 heavy (non-hydrogen) atoms. The molecule has 0 radical (unpaired) electrons. The van der Waals surface area contributed by atoms with Gasteiger partial charge in [0.05, 0.1) is 16.8 Å². The summed E-state index contributed by atoms with van der Waals surface area (Å²) < 4.78 is 49.4. The molecule has 0 bridgehead atoms. The van der Waals surface area contributed by atoms with Crippen LogP contribution in [0.1, 0.15) is 56.2 Å². The zero-order valence-corrected chi connectivity index (χ0v) is 20.2. The summed E-state index contributed by atoms with van der Waals surface area (Å²) in [6, 6.07) is 4.28. The van der Waals surface area contributed by atoms with Crippen molar-refractivity contribution in [2.75, 3.05) is 10.6 Å². The summed E-state index contributed by atoms with van der Waals surface area (Å²) in [7, 11) is -4.29. The van der Waals surface area contributed by atoms with E-state index < -0.39 is 31.8 Å². The molecule has 13 heteroatoms. The highest BCUT2D eigenvalue weighted by atomic mass is 35.5. The molecule has 0 aliphatic carbocycles. The Labute approximate surface area is 194 Å². The SMILES string of the molecule is CC[C@@H](Nc1n[s+]([O-])nc1Nc1ccc(Cl)c(S(N)(=O)=O)c1O)c1cc(C(C)C)c(C)o1. The number of anilines is 3. The van der Waals surface area contributed by atoms with Gasteiger partial charge in [-0.25, -0.2) is 13.6 Å². The van der Waals surface area contributed by atoms with Crippen LogP contribution in [0.5, 0.6) is 5.75 Å². The second-order valence-corrected chi connectivity index (χ2v) is 10.2. The third-order valence-electron chi connectivity index (χ3n) is 4.84. The number of primary sulfonamides is 1. The van der Waals surface area contributed by atoms with Crippen LogP contribution in [0.25, 0.3) is 0 Å². The molecule has 10 nitrogen and oxygen atoms in total. The summed E-state index contributed by atoms with van der Waals surface area (Å²) in [5, 5.41) is 21.2. The Morgan fingerprint density at radius 2 is 1.97 bits per heavy atom. The van der Waals surface area contributed by atoms with E-state index in [1.165, 1.54) is 12.1 Å². The first-order valence-electron chi connectivity index (χ1n) is 9.70. The highest BCUT2D eigenvalue weighted by molar-refractivity contribution is 7.89. The summed E-state index contributed by atoms with van der Waals surface area (Å²) in [5.41, 5.74) is 1.04. The van der Waals surface area contributed by atoms with Crippen molar-refractivity contribution < 1.29 is 22.5 Å². The first-order chi connectivity index (χ1) is 14.9. The van der Waals surface area contributed by atoms with Crippen LogP contribution in [-0.4, -0.2) is 26.8 Å². The normalized spacial score (nSPS) is 13.4. The van der Waals surface area contributed by atoms with Crippen LogP contribution in [-0.2, 0) is 10.0 Å². The molecular weight excluding hydrogens is 478 g/mol. The number of sulfonamides is 1. The third-order valence-corrected chi connectivity index (χ3v) is 6.93. The second kappa shape index (κ2) is 9.24. The Kier molecular flexibility index (Phi) is 7.00. The number of phenolic OH excluding ortho intramolecular Hbond substituents is 1. The fourth-order valence-corrected chi connectivity index (χ4v) is 5.11. The number of aromatic nitrogens is 2. The van der Waals surface area contributed by atoms with E-state index in [1.54, 1.807) is 0 Å². The Balaban J connectivity index is 1.94. The summed E-state index contributed by atoms with van der Waals surface area (Å²) in [4.78, 5) is -0.631. The van der Waals surface area contributed by atoms with Gasteiger partial charge >= 0.3 is 0 Å². The minimum Gasteiger partial charge on any atom is -0.546 e. The van der Waals surface area contributed by atoms with Gasteiger partial charge in [-0.2, -0.15) is 0 Å². The van der Waals surface area contributed by atoms with Gasteiger partial charge in [0.25, 0.3) is 0 Å². The van der Waals surface area contributed by atoms with Gasteiger partial charge in [0.2, 0.25) is 21.7 Å². The molecule has 0 aliphatic rings. The van der Waals surface area contributed by atoms with E-state index in [9.17, 15) is 18.1 Å². The number of hydrogen-bond donors (Lipinski definition) is 4. The lowest BCUT2D eigenvalue weighted by atomic mass is 10.0. The number of halogens is 1. The fourth-order valence-electron chi connectivity index (χ4n) is 3.29. The molecule has 2 atom stereocenters. The van der Waals surface area contributed by atoms with Gasteiger partial charge in [0.1, 0.15) is 16.4 Å². The van der Waals surface area contributed by atoms with Crippen LogP contribution < -0.4 is 15.8 Å². The smallest absolute Gasteiger partial charge is 0.243 e. The first-order valence-corrected chi connectivity index (χ1v) is 12.7. The molecule has 2 heterocycles. The van der Waals surface area contributed by atoms with Crippen LogP contribution in [0, 0.1) is 6.92 Å². The summed E-state index contributed by atoms with van der Waals surface area (Å²) >= 11 is 3.97. The maximum absolute atomic E-state index is 12.0. The van der Waals surface area contributed by atoms with Gasteiger partial charge < -0.3 is 24.7 Å². The lowest BCUT2D eigenvalue weighted by Gasteiger charge is -2.15. The molecule has 0 fully saturated rings. The van der Waals surface area contributed by atoms with Crippen molar-refractivity contribution in [1.82, 2.24) is 8.75 Å². The number of rotatable bonds is 8. The molecule has 3 rings (SSSR count). The van der Waals surface area contributed by atoms with E-state index in [4.69, 9.17) is 21.2 Å². The lowest BCUT2D eigenvalue weighted by Crippen LogP contribution is -2.14. The Bertz CT molecular complexity index is 1240. The molecule has 0 saturated carbocycles. The van der Waals surface area contributed by atoms with Gasteiger partial charge in [-0.05, 0) is 43.0 Å². The van der Waals surface area contributed by atoms with E-state index in [0.29, 0.717) is 18.1 Å². The van der Waals surface area contributed by atoms with Crippen molar-refractivity contribution in [3.05, 3.63) is 40.3 Å². The van der Waals surface area contributed by atoms with Crippen LogP contribution >= 0.6 is 22.7 Å². The quantitative estimate of drug-likeness (QED) is 0.256. The van der Waals surface area contributed by atoms with E-state index >= 15 is 0 Å². The molecule has 0 saturated heterocycles. The molecular formula is C19H24ClN5O5S2. The van der Waals surface area contributed by atoms with Gasteiger partial charge in [-0.3, -0.25) is 0 Å². The Morgan fingerprint density at radius 3 is 2.53 bits per heavy atom. The lowest BCUT2D eigenvalue weighted by molar-refractivity contribution is 0.450. The molecule has 2 aromatic heterocycles. The van der Waals surface area contributed by atoms with Gasteiger partial charge in [-0.15, -0.1) is 0 Å². The molecule has 1 aromatic carbocycles. The average Bonchev–Trinajstić information content (AvgIpc) is 3.23. The highest BCUT2D eigenvalue weighted by Crippen LogP contribution is 2.39. The summed E-state index contributed by atoms with van der Waals surface area (Å²) in [6.45, 7) is 7.99. The molecule has 5 N–H and O–H groups in total. The zero-order chi connectivity index (χ0) is 23.8. The second-order valence-electron chi connectivity index (χ2n) is 7.47. The predicted octanol–water partition coefficient (Wildman–Crippen LogP) is 4.54. The first kappa shape index (κ1) is 24.3. The molecule has 0 spiro atoms. The van der Waals surface area contributed by atoms with Crippen molar-refractivity contribution in [2.24, 2.45) is 5.14 Å². The summed E-state index contributed by atoms with van der Waals surface area (Å²) in [5.74, 6) is 1.34. The van der Waals surface area contributed by atoms with Crippen LogP contribution in [0.3, 0.4) is 0 Å². The monoisotopic (exact) mass is 501 g/mol. The maximum Gasteiger partial charge on any atom is 0.243 e. The number of furan rings is 1. The minimum atomic E-state index is -4.29. The van der Waals surface area contributed by atoms with E-state index in [2.05, 4.69) is 33.2 Å². The minimum absolute atomic E-state index is 0.0467. The van der Waals surface area contributed by atoms with Crippen molar-refractivity contribution in [3.63, 3.8) is 0 Å². The standard InChI is InChI=1S/C19H24ClN5O5S2/c1-5-13(15-8-11(9(2)3)10(4)30-15)22-18-19(25-31(27)24-18)23-14-7-6-12(20)17(16(14)26)32(21,28)29/h6-9,13,26H,5H2,1-4H3,(H,22,24)(H,23,25)(H2,21,28,29)/t13-,31?/m1/s1. The number of aromatic hydroxyl groups is 1. The van der Waals surface area contributed by atoms with Crippen molar-refractivity contribution in [3.8, 4) is 5.75 Å². The maximum atomic E-state index is 12.0. The van der Waals surface area contributed by atoms with Crippen LogP contribution in [0.2, 0.25) is 5.02 Å². The Morgan fingerprint density at radius 1 is 1.31 bits per heavy atom. The number of benzene rings is 1. The molecule has 0 aliphatic heterocycles. The van der Waals surface area contributed by atoms with E-state index in [0.717, 1.165) is 11.3 Å². The average molecular weight is 502 g/mol. The summed E-state index contributed by atoms with van der Waals surface area (Å²) in [6.07, 6.45) is 0.630. The molecule has 0 amide bonds. The van der Waals surface area contributed by atoms with Gasteiger partial charge in [-0.1, -0.05) is 32.4 Å². The fraction of sp³-hybridized carbons (Fsp3) is 0.368. The third kappa shape index (κ3) is 4.99. The largest absolute Gasteiger partial charge is 0.546 e. The van der Waals surface area contributed by atoms with Crippen LogP contribution in [0.4, 0.5) is 17.3 Å². The van der Waals surface area contributed by atoms with E-state index in [1.807, 2.05) is 19.9 Å². The number of nitrogens with one attached hydrogen (secondary N) is 2. The predicted molar refractivity (Wildman–Crippen MR) is 123 cm³/mol. The van der Waals surface area contributed by atoms with Crippen molar-refractivity contribution in [2.45, 2.75) is 51.0 Å². The molecule has 3 aromatic rings. The Hall–Kier alpha value is -2.38. The van der Waals surface area contributed by atoms with Crippen molar-refractivity contribution >= 4 is 50.1 Å². The number of hydrogen-bond acceptors (Lipinski definition) is 9. The molecule has 174 valence electrons. The number of aryl methyl sites for hydroxylation is 1. The highest BCUT2D eigenvalue weighted by Gasteiger charge is 2.26.